The summed E-state index contributed by atoms with van der Waals surface area (Å²) < 4.78 is 11.4. The average Bonchev–Trinajstić information content (AvgIpc) is 2.86. The molecule has 0 unspecified atom stereocenters. The highest BCUT2D eigenvalue weighted by Gasteiger charge is 2.06. The summed E-state index contributed by atoms with van der Waals surface area (Å²) in [7, 11) is 0. The number of unbranched alkanes of at least 4 members (excludes halogenated alkanes) is 1. The highest BCUT2D eigenvalue weighted by atomic mass is 16.5. The lowest BCUT2D eigenvalue weighted by Crippen LogP contribution is -2.06. The molecule has 0 aliphatic carbocycles. The Morgan fingerprint density at radius 1 is 1.45 bits per heavy atom. The van der Waals surface area contributed by atoms with Crippen molar-refractivity contribution in [3.8, 4) is 5.75 Å². The van der Waals surface area contributed by atoms with Crippen molar-refractivity contribution in [2.75, 3.05) is 13.2 Å². The first-order chi connectivity index (χ1) is 9.72. The van der Waals surface area contributed by atoms with E-state index in [0.29, 0.717) is 13.2 Å². The van der Waals surface area contributed by atoms with E-state index < -0.39 is 0 Å². The molecule has 0 aliphatic heterocycles. The summed E-state index contributed by atoms with van der Waals surface area (Å²) in [5, 5.41) is 0. The van der Waals surface area contributed by atoms with Crippen molar-refractivity contribution in [2.24, 2.45) is 5.73 Å². The Balaban J connectivity index is 1.99. The number of hydrogen-bond acceptors (Lipinski definition) is 4. The molecule has 4 heteroatoms. The monoisotopic (exact) mass is 274 g/mol. The zero-order valence-electron chi connectivity index (χ0n) is 12.0. The molecule has 0 aliphatic rings. The molecule has 1 aromatic carbocycles. The smallest absolute Gasteiger partial charge is 0.195 e. The van der Waals surface area contributed by atoms with E-state index in [9.17, 15) is 0 Å². The van der Waals surface area contributed by atoms with Crippen molar-refractivity contribution in [2.45, 2.75) is 32.6 Å². The van der Waals surface area contributed by atoms with Crippen LogP contribution in [-0.2, 0) is 6.42 Å². The molecule has 2 N–H and O–H groups in total. The van der Waals surface area contributed by atoms with Gasteiger partial charge in [-0.15, -0.1) is 0 Å². The number of nitrogens with two attached hydrogens (primary N) is 1. The van der Waals surface area contributed by atoms with Crippen LogP contribution in [0.2, 0.25) is 0 Å². The number of aromatic nitrogens is 1. The van der Waals surface area contributed by atoms with Crippen LogP contribution in [0.25, 0.3) is 11.1 Å². The second-order valence-electron chi connectivity index (χ2n) is 4.89. The maximum absolute atomic E-state index is 5.73. The van der Waals surface area contributed by atoms with Crippen molar-refractivity contribution in [1.82, 2.24) is 4.98 Å². The second kappa shape index (κ2) is 7.10. The van der Waals surface area contributed by atoms with Crippen LogP contribution in [0.5, 0.6) is 5.75 Å². The van der Waals surface area contributed by atoms with Gasteiger partial charge in [0.15, 0.2) is 11.5 Å². The third-order valence-electron chi connectivity index (χ3n) is 3.16. The van der Waals surface area contributed by atoms with Gasteiger partial charge in [-0.3, -0.25) is 0 Å². The lowest BCUT2D eigenvalue weighted by Gasteiger charge is -2.06. The summed E-state index contributed by atoms with van der Waals surface area (Å²) in [6, 6.07) is 5.74. The fourth-order valence-corrected chi connectivity index (χ4v) is 1.89. The largest absolute Gasteiger partial charge is 0.493 e. The quantitative estimate of drug-likeness (QED) is 0.749. The highest BCUT2D eigenvalue weighted by molar-refractivity contribution is 5.74. The van der Waals surface area contributed by atoms with E-state index in [1.807, 2.05) is 18.2 Å². The number of ether oxygens (including phenoxy) is 1. The van der Waals surface area contributed by atoms with Gasteiger partial charge in [0.1, 0.15) is 11.3 Å². The third kappa shape index (κ3) is 3.84. The molecule has 0 radical (unpaired) electrons. The molecular weight excluding hydrogens is 252 g/mol. The summed E-state index contributed by atoms with van der Waals surface area (Å²) in [5.41, 5.74) is 8.15. The summed E-state index contributed by atoms with van der Waals surface area (Å²) in [6.45, 7) is 7.10. The van der Waals surface area contributed by atoms with Gasteiger partial charge >= 0.3 is 0 Å². The first-order valence-corrected chi connectivity index (χ1v) is 7.12. The van der Waals surface area contributed by atoms with Crippen molar-refractivity contribution in [3.63, 3.8) is 0 Å². The molecule has 2 aromatic rings. The van der Waals surface area contributed by atoms with Crippen molar-refractivity contribution < 1.29 is 9.15 Å². The van der Waals surface area contributed by atoms with Crippen LogP contribution in [-0.4, -0.2) is 18.1 Å². The lowest BCUT2D eigenvalue weighted by atomic mass is 10.2. The van der Waals surface area contributed by atoms with Crippen LogP contribution in [0, 0.1) is 0 Å². The molecule has 1 aromatic heterocycles. The Morgan fingerprint density at radius 2 is 2.30 bits per heavy atom. The van der Waals surface area contributed by atoms with Crippen LogP contribution in [0.15, 0.2) is 34.8 Å². The first kappa shape index (κ1) is 14.6. The number of rotatable bonds is 8. The minimum Gasteiger partial charge on any atom is -0.493 e. The highest BCUT2D eigenvalue weighted by Crippen LogP contribution is 2.22. The van der Waals surface area contributed by atoms with Crippen LogP contribution in [0.4, 0.5) is 0 Å². The number of nitrogens with zero attached hydrogens (tertiary/aromatic N) is 1. The van der Waals surface area contributed by atoms with E-state index in [4.69, 9.17) is 14.9 Å². The Labute approximate surface area is 119 Å². The van der Waals surface area contributed by atoms with Gasteiger partial charge in [-0.2, -0.15) is 0 Å². The van der Waals surface area contributed by atoms with Crippen molar-refractivity contribution in [3.05, 3.63) is 36.2 Å². The van der Waals surface area contributed by atoms with Gasteiger partial charge in [0.05, 0.1) is 6.61 Å². The molecule has 108 valence electrons. The summed E-state index contributed by atoms with van der Waals surface area (Å²) in [4.78, 5) is 4.46. The predicted molar refractivity (Wildman–Crippen MR) is 80.9 cm³/mol. The fourth-order valence-electron chi connectivity index (χ4n) is 1.89. The molecule has 20 heavy (non-hydrogen) atoms. The van der Waals surface area contributed by atoms with Crippen LogP contribution in [0.1, 0.15) is 32.1 Å². The number of fused-ring (bicyclic) bond motifs is 1. The van der Waals surface area contributed by atoms with Gasteiger partial charge < -0.3 is 14.9 Å². The number of oxazole rings is 1. The Morgan fingerprint density at radius 3 is 3.05 bits per heavy atom. The van der Waals surface area contributed by atoms with E-state index in [-0.39, 0.29) is 0 Å². The molecule has 1 heterocycles. The lowest BCUT2D eigenvalue weighted by molar-refractivity contribution is 0.321. The van der Waals surface area contributed by atoms with E-state index in [1.54, 1.807) is 0 Å². The van der Waals surface area contributed by atoms with Gasteiger partial charge in [-0.05, 0) is 18.6 Å². The summed E-state index contributed by atoms with van der Waals surface area (Å²) in [6.07, 6.45) is 3.89. The van der Waals surface area contributed by atoms with Crippen LogP contribution >= 0.6 is 0 Å². The zero-order chi connectivity index (χ0) is 14.4. The Kier molecular flexibility index (Phi) is 5.18. The van der Waals surface area contributed by atoms with Gasteiger partial charge in [-0.1, -0.05) is 25.5 Å². The topological polar surface area (TPSA) is 61.3 Å². The minimum atomic E-state index is 0.505. The molecule has 0 saturated heterocycles. The molecule has 0 bridgehead atoms. The van der Waals surface area contributed by atoms with Gasteiger partial charge in [0.25, 0.3) is 0 Å². The summed E-state index contributed by atoms with van der Waals surface area (Å²) >= 11 is 0. The Bertz CT molecular complexity index is 575. The third-order valence-corrected chi connectivity index (χ3v) is 3.16. The molecule has 0 spiro atoms. The van der Waals surface area contributed by atoms with Gasteiger partial charge in [-0.25, -0.2) is 4.98 Å². The normalized spacial score (nSPS) is 10.9. The minimum absolute atomic E-state index is 0.505. The molecule has 0 fully saturated rings. The predicted octanol–water partition coefficient (Wildman–Crippen LogP) is 3.45. The van der Waals surface area contributed by atoms with Crippen molar-refractivity contribution in [1.29, 1.82) is 0 Å². The van der Waals surface area contributed by atoms with Gasteiger partial charge in [0, 0.05) is 25.5 Å². The van der Waals surface area contributed by atoms with Crippen LogP contribution < -0.4 is 10.5 Å². The molecule has 2 rings (SSSR count). The molecular formula is C16H22N2O2. The van der Waals surface area contributed by atoms with Crippen molar-refractivity contribution >= 4 is 11.1 Å². The fraction of sp³-hybridized carbons (Fsp3) is 0.438. The van der Waals surface area contributed by atoms with Crippen LogP contribution in [0.3, 0.4) is 0 Å². The maximum Gasteiger partial charge on any atom is 0.195 e. The first-order valence-electron chi connectivity index (χ1n) is 7.12. The average molecular weight is 274 g/mol. The number of hydrogen-bond donors (Lipinski definition) is 1. The SMILES string of the molecule is C=C(CN)CCOc1ccc2nc(CCCC)oc2c1. The van der Waals surface area contributed by atoms with E-state index in [2.05, 4.69) is 18.5 Å². The Hall–Kier alpha value is -1.81. The molecule has 0 amide bonds. The number of aryl methyl sites for hydroxylation is 1. The molecule has 4 nitrogen and oxygen atoms in total. The molecule has 0 saturated carbocycles. The zero-order valence-corrected chi connectivity index (χ0v) is 12.0. The maximum atomic E-state index is 5.73. The van der Waals surface area contributed by atoms with Gasteiger partial charge in [0.2, 0.25) is 0 Å². The number of benzene rings is 1. The summed E-state index contributed by atoms with van der Waals surface area (Å²) in [5.74, 6) is 1.59. The van der Waals surface area contributed by atoms with E-state index in [0.717, 1.165) is 54.0 Å². The van der Waals surface area contributed by atoms with E-state index in [1.165, 1.54) is 0 Å². The van der Waals surface area contributed by atoms with E-state index >= 15 is 0 Å². The molecule has 0 atom stereocenters. The standard InChI is InChI=1S/C16H22N2O2/c1-3-4-5-16-18-14-7-6-13(10-15(14)20-16)19-9-8-12(2)11-17/h6-7,10H,2-5,8-9,11,17H2,1H3. The second-order valence-corrected chi connectivity index (χ2v) is 4.89.